The summed E-state index contributed by atoms with van der Waals surface area (Å²) in [5.41, 5.74) is 3.94. The van der Waals surface area contributed by atoms with Gasteiger partial charge in [0.1, 0.15) is 11.9 Å². The van der Waals surface area contributed by atoms with Crippen molar-refractivity contribution >= 4 is 33.9 Å². The lowest BCUT2D eigenvalue weighted by Gasteiger charge is -2.39. The van der Waals surface area contributed by atoms with Crippen molar-refractivity contribution in [3.63, 3.8) is 0 Å². The molecule has 3 aromatic carbocycles. The number of allylic oxidation sites excluding steroid dienone is 3. The Bertz CT molecular complexity index is 1730. The van der Waals surface area contributed by atoms with Gasteiger partial charge in [0, 0.05) is 29.6 Å². The molecule has 1 fully saturated rings. The van der Waals surface area contributed by atoms with Crippen molar-refractivity contribution in [2.24, 2.45) is 17.8 Å². The highest BCUT2D eigenvalue weighted by Gasteiger charge is 2.49. The van der Waals surface area contributed by atoms with Crippen LogP contribution in [0.25, 0.3) is 16.3 Å². The standard InChI is InChI=1S/C37H38F3NO4/c1-6-41-32-19-27(21(2)16-31(32)36(4,5)20-34(41)42)29-17-24(14-15-33(29)45-37(38,39)40)28-18-30(28)35(43)44-22(3)25-13-9-11-23-10-7-8-12-26(23)25/h7-13,15-17,19,22,24,28,30H,6,14,18,20H2,1-5H3/t22-,24+,28?,30+/m1/s1. The van der Waals surface area contributed by atoms with Gasteiger partial charge in [0.05, 0.1) is 5.92 Å². The van der Waals surface area contributed by atoms with E-state index in [1.165, 1.54) is 6.08 Å². The largest absolute Gasteiger partial charge is 0.573 e. The molecule has 3 aromatic rings. The summed E-state index contributed by atoms with van der Waals surface area (Å²) in [5.74, 6) is -1.11. The van der Waals surface area contributed by atoms with Crippen LogP contribution >= 0.6 is 0 Å². The Morgan fingerprint density at radius 1 is 1.11 bits per heavy atom. The molecule has 3 aliphatic rings. The number of fused-ring (bicyclic) bond motifs is 2. The van der Waals surface area contributed by atoms with Crippen LogP contribution in [-0.4, -0.2) is 24.8 Å². The maximum absolute atomic E-state index is 13.6. The van der Waals surface area contributed by atoms with Gasteiger partial charge >= 0.3 is 12.3 Å². The van der Waals surface area contributed by atoms with Gasteiger partial charge in [0.25, 0.3) is 0 Å². The summed E-state index contributed by atoms with van der Waals surface area (Å²) >= 11 is 0. The van der Waals surface area contributed by atoms with Gasteiger partial charge in [0.2, 0.25) is 5.91 Å². The summed E-state index contributed by atoms with van der Waals surface area (Å²) in [4.78, 5) is 28.0. The molecule has 236 valence electrons. The first-order valence-corrected chi connectivity index (χ1v) is 15.6. The number of esters is 1. The summed E-state index contributed by atoms with van der Waals surface area (Å²) < 4.78 is 51.2. The van der Waals surface area contributed by atoms with Crippen molar-refractivity contribution in [2.75, 3.05) is 11.4 Å². The Labute approximate surface area is 261 Å². The molecule has 1 aliphatic heterocycles. The zero-order valence-electron chi connectivity index (χ0n) is 26.2. The molecule has 0 saturated heterocycles. The molecule has 45 heavy (non-hydrogen) atoms. The predicted molar refractivity (Wildman–Crippen MR) is 168 cm³/mol. The monoisotopic (exact) mass is 617 g/mol. The molecule has 1 heterocycles. The number of halogens is 3. The Kier molecular flexibility index (Phi) is 7.82. The van der Waals surface area contributed by atoms with Gasteiger partial charge in [-0.2, -0.15) is 0 Å². The van der Waals surface area contributed by atoms with E-state index < -0.39 is 17.9 Å². The van der Waals surface area contributed by atoms with Gasteiger partial charge < -0.3 is 14.4 Å². The molecule has 5 nitrogen and oxygen atoms in total. The summed E-state index contributed by atoms with van der Waals surface area (Å²) in [6, 6.07) is 17.7. The quantitative estimate of drug-likeness (QED) is 0.249. The number of nitrogens with zero attached hydrogens (tertiary/aromatic N) is 1. The second-order valence-electron chi connectivity index (χ2n) is 13.1. The van der Waals surface area contributed by atoms with E-state index >= 15 is 0 Å². The van der Waals surface area contributed by atoms with Crippen molar-refractivity contribution < 1.29 is 32.2 Å². The molecule has 0 aromatic heterocycles. The topological polar surface area (TPSA) is 55.8 Å². The minimum Gasteiger partial charge on any atom is -0.458 e. The third-order valence-corrected chi connectivity index (χ3v) is 9.56. The maximum Gasteiger partial charge on any atom is 0.573 e. The summed E-state index contributed by atoms with van der Waals surface area (Å²) in [6.07, 6.45) is -0.713. The Balaban J connectivity index is 1.28. The maximum atomic E-state index is 13.6. The van der Waals surface area contributed by atoms with Crippen LogP contribution < -0.4 is 4.90 Å². The minimum atomic E-state index is -4.86. The minimum absolute atomic E-state index is 0.0142. The smallest absolute Gasteiger partial charge is 0.458 e. The number of ether oxygens (including phenoxy) is 2. The highest BCUT2D eigenvalue weighted by Crippen LogP contribution is 2.52. The molecular formula is C37H38F3NO4. The number of alkyl halides is 3. The second kappa shape index (κ2) is 11.4. The summed E-state index contributed by atoms with van der Waals surface area (Å²) in [6.45, 7) is 10.1. The number of benzene rings is 3. The molecule has 6 rings (SSSR count). The normalized spacial score (nSPS) is 23.2. The van der Waals surface area contributed by atoms with E-state index in [1.54, 1.807) is 4.90 Å². The number of aryl methyl sites for hydroxylation is 1. The van der Waals surface area contributed by atoms with Crippen LogP contribution in [0.15, 0.2) is 72.5 Å². The fraction of sp³-hybridized carbons (Fsp3) is 0.405. The third-order valence-electron chi connectivity index (χ3n) is 9.56. The van der Waals surface area contributed by atoms with Gasteiger partial charge in [-0.15, -0.1) is 13.2 Å². The van der Waals surface area contributed by atoms with Crippen molar-refractivity contribution in [1.29, 1.82) is 0 Å². The van der Waals surface area contributed by atoms with Crippen molar-refractivity contribution in [2.45, 2.75) is 71.8 Å². The first kappa shape index (κ1) is 30.9. The molecule has 4 atom stereocenters. The van der Waals surface area contributed by atoms with Crippen LogP contribution in [0.5, 0.6) is 0 Å². The Morgan fingerprint density at radius 2 is 1.84 bits per heavy atom. The van der Waals surface area contributed by atoms with Crippen LogP contribution in [0.4, 0.5) is 18.9 Å². The zero-order chi connectivity index (χ0) is 32.3. The van der Waals surface area contributed by atoms with Gasteiger partial charge in [0.15, 0.2) is 0 Å². The van der Waals surface area contributed by atoms with E-state index in [1.807, 2.05) is 95.3 Å². The van der Waals surface area contributed by atoms with Crippen LogP contribution in [0, 0.1) is 24.7 Å². The molecule has 0 spiro atoms. The number of carbonyl (C=O) groups is 2. The van der Waals surface area contributed by atoms with Crippen LogP contribution in [-0.2, 0) is 24.5 Å². The lowest BCUT2D eigenvalue weighted by Crippen LogP contribution is -2.42. The second-order valence-corrected chi connectivity index (χ2v) is 13.1. The average Bonchev–Trinajstić information content (AvgIpc) is 3.78. The van der Waals surface area contributed by atoms with E-state index in [4.69, 9.17) is 4.74 Å². The highest BCUT2D eigenvalue weighted by molar-refractivity contribution is 5.99. The molecule has 8 heteroatoms. The molecular weight excluding hydrogens is 579 g/mol. The molecule has 1 amide bonds. The Morgan fingerprint density at radius 3 is 2.58 bits per heavy atom. The predicted octanol–water partition coefficient (Wildman–Crippen LogP) is 8.95. The van der Waals surface area contributed by atoms with Crippen LogP contribution in [0.2, 0.25) is 0 Å². The average molecular weight is 618 g/mol. The van der Waals surface area contributed by atoms with Gasteiger partial charge in [-0.1, -0.05) is 68.5 Å². The number of amides is 1. The third kappa shape index (κ3) is 5.99. The SMILES string of the molecule is CCN1C(=O)CC(C)(C)c2cc(C)c(C3=C[C@@H](C4C[C@@H]4C(=O)O[C@H](C)c4cccc5ccccc45)CC=C3OC(F)(F)F)cc21. The van der Waals surface area contributed by atoms with Gasteiger partial charge in [-0.05, 0) is 90.6 Å². The molecule has 2 aliphatic carbocycles. The summed E-state index contributed by atoms with van der Waals surface area (Å²) in [7, 11) is 0. The van der Waals surface area contributed by atoms with E-state index in [0.29, 0.717) is 42.6 Å². The number of rotatable bonds is 7. The van der Waals surface area contributed by atoms with Gasteiger partial charge in [-0.3, -0.25) is 9.59 Å². The zero-order valence-corrected chi connectivity index (χ0v) is 26.2. The molecule has 1 unspecified atom stereocenters. The van der Waals surface area contributed by atoms with E-state index in [2.05, 4.69) is 4.74 Å². The Hall–Kier alpha value is -4.07. The van der Waals surface area contributed by atoms with E-state index in [9.17, 15) is 22.8 Å². The molecule has 1 saturated carbocycles. The van der Waals surface area contributed by atoms with Gasteiger partial charge in [-0.25, -0.2) is 0 Å². The fourth-order valence-corrected chi connectivity index (χ4v) is 7.15. The highest BCUT2D eigenvalue weighted by atomic mass is 19.4. The van der Waals surface area contributed by atoms with Crippen molar-refractivity contribution in [1.82, 2.24) is 0 Å². The fourth-order valence-electron chi connectivity index (χ4n) is 7.15. The van der Waals surface area contributed by atoms with E-state index in [0.717, 1.165) is 27.5 Å². The first-order chi connectivity index (χ1) is 21.3. The first-order valence-electron chi connectivity index (χ1n) is 15.6. The lowest BCUT2D eigenvalue weighted by atomic mass is 9.75. The number of hydrogen-bond donors (Lipinski definition) is 0. The van der Waals surface area contributed by atoms with Crippen LogP contribution in [0.1, 0.15) is 75.3 Å². The van der Waals surface area contributed by atoms with Crippen molar-refractivity contribution in [3.8, 4) is 0 Å². The molecule has 0 bridgehead atoms. The molecule has 0 radical (unpaired) electrons. The lowest BCUT2D eigenvalue weighted by molar-refractivity contribution is -0.302. The van der Waals surface area contributed by atoms with Crippen molar-refractivity contribution in [3.05, 3.63) is 94.8 Å². The van der Waals surface area contributed by atoms with E-state index in [-0.39, 0.29) is 35.4 Å². The summed E-state index contributed by atoms with van der Waals surface area (Å²) in [5, 5.41) is 2.10. The number of carbonyl (C=O) groups excluding carboxylic acids is 2. The molecule has 0 N–H and O–H groups in total. The van der Waals surface area contributed by atoms with Crippen LogP contribution in [0.3, 0.4) is 0 Å². The number of anilines is 1. The number of hydrogen-bond acceptors (Lipinski definition) is 4.